The van der Waals surface area contributed by atoms with Gasteiger partial charge >= 0.3 is 5.97 Å². The summed E-state index contributed by atoms with van der Waals surface area (Å²) in [7, 11) is 3.50. The minimum Gasteiger partial charge on any atom is -0.493 e. The number of carbonyl (C=O) groups excluding carboxylic acids is 1. The molecule has 1 aromatic rings. The van der Waals surface area contributed by atoms with E-state index in [1.165, 1.54) is 0 Å². The van der Waals surface area contributed by atoms with Crippen LogP contribution in [0.3, 0.4) is 0 Å². The number of likely N-dealkylation sites (tertiary alicyclic amines) is 2. The van der Waals surface area contributed by atoms with Crippen molar-refractivity contribution in [2.24, 2.45) is 5.41 Å². The first-order valence-corrected chi connectivity index (χ1v) is 8.95. The molecule has 3 rings (SSSR count). The second-order valence-electron chi connectivity index (χ2n) is 7.09. The smallest absolute Gasteiger partial charge is 0.311 e. The molecule has 1 aromatic carbocycles. The molecule has 2 saturated heterocycles. The van der Waals surface area contributed by atoms with E-state index in [1.807, 2.05) is 19.2 Å². The van der Waals surface area contributed by atoms with Crippen LogP contribution in [0.5, 0.6) is 11.5 Å². The Morgan fingerprint density at radius 2 is 1.96 bits per heavy atom. The molecule has 0 spiro atoms. The van der Waals surface area contributed by atoms with Crippen molar-refractivity contribution in [1.29, 1.82) is 0 Å². The van der Waals surface area contributed by atoms with Crippen molar-refractivity contribution in [3.05, 3.63) is 24.3 Å². The molecular weight excluding hydrogens is 336 g/mol. The maximum Gasteiger partial charge on any atom is 0.311 e. The first kappa shape index (κ1) is 18.5. The van der Waals surface area contributed by atoms with Crippen molar-refractivity contribution >= 4 is 11.9 Å². The van der Waals surface area contributed by atoms with Crippen LogP contribution >= 0.6 is 0 Å². The van der Waals surface area contributed by atoms with Gasteiger partial charge in [-0.3, -0.25) is 9.59 Å². The second kappa shape index (κ2) is 7.53. The zero-order valence-electron chi connectivity index (χ0n) is 15.3. The Labute approximate surface area is 153 Å². The van der Waals surface area contributed by atoms with Crippen molar-refractivity contribution in [2.75, 3.05) is 40.4 Å². The zero-order valence-corrected chi connectivity index (χ0v) is 15.3. The zero-order chi connectivity index (χ0) is 18.7. The lowest BCUT2D eigenvalue weighted by Crippen LogP contribution is -2.64. The normalized spacial score (nSPS) is 26.1. The Morgan fingerprint density at radius 1 is 1.23 bits per heavy atom. The maximum absolute atomic E-state index is 12.6. The predicted molar refractivity (Wildman–Crippen MR) is 95.4 cm³/mol. The number of benzene rings is 1. The third kappa shape index (κ3) is 3.35. The summed E-state index contributed by atoms with van der Waals surface area (Å²) in [4.78, 5) is 28.4. The van der Waals surface area contributed by atoms with Gasteiger partial charge in [0, 0.05) is 19.1 Å². The fourth-order valence-corrected chi connectivity index (χ4v) is 4.18. The molecule has 2 aliphatic heterocycles. The van der Waals surface area contributed by atoms with Crippen LogP contribution in [0.2, 0.25) is 0 Å². The number of hydrogen-bond donors (Lipinski definition) is 1. The van der Waals surface area contributed by atoms with Crippen molar-refractivity contribution in [2.45, 2.75) is 25.3 Å². The minimum absolute atomic E-state index is 0.0864. The maximum atomic E-state index is 12.6. The molecule has 2 fully saturated rings. The number of nitrogens with zero attached hydrogens (tertiary/aromatic N) is 2. The molecule has 0 radical (unpaired) electrons. The van der Waals surface area contributed by atoms with Gasteiger partial charge in [0.05, 0.1) is 12.5 Å². The minimum atomic E-state index is -0.744. The molecule has 2 atom stereocenters. The van der Waals surface area contributed by atoms with E-state index in [1.54, 1.807) is 24.1 Å². The van der Waals surface area contributed by atoms with E-state index in [4.69, 9.17) is 9.47 Å². The van der Waals surface area contributed by atoms with Crippen molar-refractivity contribution in [3.63, 3.8) is 0 Å². The van der Waals surface area contributed by atoms with Crippen LogP contribution in [-0.4, -0.2) is 73.2 Å². The number of likely N-dealkylation sites (N-methyl/N-ethyl adjacent to an activating group) is 1. The Morgan fingerprint density at radius 3 is 2.65 bits per heavy atom. The van der Waals surface area contributed by atoms with Gasteiger partial charge in [-0.2, -0.15) is 0 Å². The van der Waals surface area contributed by atoms with Crippen molar-refractivity contribution < 1.29 is 24.2 Å². The van der Waals surface area contributed by atoms with Crippen LogP contribution < -0.4 is 9.47 Å². The number of fused-ring (bicyclic) bond motifs is 1. The highest BCUT2D eigenvalue weighted by molar-refractivity contribution is 5.80. The molecule has 0 bridgehead atoms. The Bertz CT molecular complexity index is 680. The standard InChI is InChI=1S/C19H26N2O5/c1-20-10-5-8-19(18(23)24)9-11-21(12-16(19)20)17(22)13-26-15-7-4-3-6-14(15)25-2/h3-4,6-7,16H,5,8-13H2,1-2H3,(H,23,24)/t16-,19+/m1/s1. The van der Waals surface area contributed by atoms with Gasteiger partial charge in [-0.15, -0.1) is 0 Å². The number of piperidine rings is 2. The fourth-order valence-electron chi connectivity index (χ4n) is 4.18. The van der Waals surface area contributed by atoms with Gasteiger partial charge in [-0.05, 0) is 45.0 Å². The molecule has 142 valence electrons. The van der Waals surface area contributed by atoms with E-state index < -0.39 is 11.4 Å². The number of carboxylic acids is 1. The highest BCUT2D eigenvalue weighted by Crippen LogP contribution is 2.42. The van der Waals surface area contributed by atoms with Gasteiger partial charge in [-0.1, -0.05) is 12.1 Å². The lowest BCUT2D eigenvalue weighted by atomic mass is 9.68. The predicted octanol–water partition coefficient (Wildman–Crippen LogP) is 1.47. The first-order chi connectivity index (χ1) is 12.5. The number of para-hydroxylation sites is 2. The van der Waals surface area contributed by atoms with Crippen LogP contribution in [0.25, 0.3) is 0 Å². The van der Waals surface area contributed by atoms with Crippen LogP contribution in [0.15, 0.2) is 24.3 Å². The highest BCUT2D eigenvalue weighted by atomic mass is 16.5. The fraction of sp³-hybridized carbons (Fsp3) is 0.579. The molecule has 7 heteroatoms. The molecule has 0 aliphatic carbocycles. The summed E-state index contributed by atoms with van der Waals surface area (Å²) in [5, 5.41) is 9.81. The average molecular weight is 362 g/mol. The van der Waals surface area contributed by atoms with E-state index in [0.29, 0.717) is 37.4 Å². The van der Waals surface area contributed by atoms with E-state index in [0.717, 1.165) is 13.0 Å². The van der Waals surface area contributed by atoms with Gasteiger partial charge < -0.3 is 24.4 Å². The molecule has 2 heterocycles. The first-order valence-electron chi connectivity index (χ1n) is 8.95. The topological polar surface area (TPSA) is 79.3 Å². The lowest BCUT2D eigenvalue weighted by Gasteiger charge is -2.51. The third-order valence-corrected chi connectivity index (χ3v) is 5.72. The van der Waals surface area contributed by atoms with E-state index in [-0.39, 0.29) is 18.6 Å². The van der Waals surface area contributed by atoms with Gasteiger partial charge in [0.1, 0.15) is 0 Å². The van der Waals surface area contributed by atoms with Crippen molar-refractivity contribution in [3.8, 4) is 11.5 Å². The second-order valence-corrected chi connectivity index (χ2v) is 7.09. The molecule has 0 saturated carbocycles. The number of ether oxygens (including phenoxy) is 2. The quantitative estimate of drug-likeness (QED) is 0.855. The Hall–Kier alpha value is -2.28. The van der Waals surface area contributed by atoms with E-state index in [2.05, 4.69) is 4.90 Å². The SMILES string of the molecule is COc1ccccc1OCC(=O)N1CC[C@@]2(C(=O)O)CCCN(C)[C@@H]2C1. The van der Waals surface area contributed by atoms with Crippen LogP contribution in [0, 0.1) is 5.41 Å². The number of methoxy groups -OCH3 is 1. The molecule has 7 nitrogen and oxygen atoms in total. The molecule has 2 aliphatic rings. The largest absolute Gasteiger partial charge is 0.493 e. The van der Waals surface area contributed by atoms with Gasteiger partial charge in [0.15, 0.2) is 18.1 Å². The van der Waals surface area contributed by atoms with E-state index in [9.17, 15) is 14.7 Å². The molecular formula is C19H26N2O5. The third-order valence-electron chi connectivity index (χ3n) is 5.72. The summed E-state index contributed by atoms with van der Waals surface area (Å²) >= 11 is 0. The molecule has 1 amide bonds. The summed E-state index contributed by atoms with van der Waals surface area (Å²) in [6.07, 6.45) is 2.04. The Kier molecular flexibility index (Phi) is 5.36. The summed E-state index contributed by atoms with van der Waals surface area (Å²) in [6.45, 7) is 1.65. The van der Waals surface area contributed by atoms with E-state index >= 15 is 0 Å². The summed E-state index contributed by atoms with van der Waals surface area (Å²) in [5.41, 5.74) is -0.743. The molecule has 26 heavy (non-hydrogen) atoms. The van der Waals surface area contributed by atoms with Gasteiger partial charge in [-0.25, -0.2) is 0 Å². The van der Waals surface area contributed by atoms with Gasteiger partial charge in [0.2, 0.25) is 0 Å². The van der Waals surface area contributed by atoms with Crippen molar-refractivity contribution in [1.82, 2.24) is 9.80 Å². The average Bonchev–Trinajstić information content (AvgIpc) is 2.66. The number of amides is 1. The number of carboxylic acid groups (broad SMARTS) is 1. The Balaban J connectivity index is 1.65. The molecule has 0 unspecified atom stereocenters. The lowest BCUT2D eigenvalue weighted by molar-refractivity contribution is -0.165. The van der Waals surface area contributed by atoms with Crippen LogP contribution in [0.1, 0.15) is 19.3 Å². The highest BCUT2D eigenvalue weighted by Gasteiger charge is 2.52. The number of aliphatic carboxylic acids is 1. The van der Waals surface area contributed by atoms with Crippen LogP contribution in [0.4, 0.5) is 0 Å². The summed E-state index contributed by atoms with van der Waals surface area (Å²) in [6, 6.07) is 7.04. The monoisotopic (exact) mass is 362 g/mol. The summed E-state index contributed by atoms with van der Waals surface area (Å²) < 4.78 is 10.9. The number of rotatable bonds is 5. The summed E-state index contributed by atoms with van der Waals surface area (Å²) in [5.74, 6) is 0.228. The van der Waals surface area contributed by atoms with Crippen LogP contribution in [-0.2, 0) is 9.59 Å². The number of carbonyl (C=O) groups is 2. The molecule has 0 aromatic heterocycles. The molecule has 1 N–H and O–H groups in total. The van der Waals surface area contributed by atoms with Gasteiger partial charge in [0.25, 0.3) is 5.91 Å². The number of hydrogen-bond acceptors (Lipinski definition) is 5.